The third kappa shape index (κ3) is 3.96. The minimum atomic E-state index is -0.109. The van der Waals surface area contributed by atoms with Gasteiger partial charge in [-0.2, -0.15) is 0 Å². The highest BCUT2D eigenvalue weighted by Crippen LogP contribution is 2.15. The number of nitrogens with zero attached hydrogens (tertiary/aromatic N) is 1. The number of benzene rings is 1. The normalized spacial score (nSPS) is 10.3. The summed E-state index contributed by atoms with van der Waals surface area (Å²) in [6.45, 7) is 2.81. The first-order chi connectivity index (χ1) is 11.2. The number of aromatic nitrogens is 1. The Hall–Kier alpha value is -2.66. The Morgan fingerprint density at radius 1 is 1.13 bits per heavy atom. The smallest absolute Gasteiger partial charge is 0.265 e. The van der Waals surface area contributed by atoms with Crippen LogP contribution in [0.15, 0.2) is 60.1 Å². The highest BCUT2D eigenvalue weighted by atomic mass is 32.1. The van der Waals surface area contributed by atoms with Gasteiger partial charge in [-0.15, -0.1) is 11.3 Å². The first-order valence-corrected chi connectivity index (χ1v) is 8.19. The van der Waals surface area contributed by atoms with Crippen molar-refractivity contribution in [1.82, 2.24) is 4.98 Å². The molecule has 1 amide bonds. The first-order valence-electron chi connectivity index (χ1n) is 7.31. The summed E-state index contributed by atoms with van der Waals surface area (Å²) in [6, 6.07) is 15.6. The molecule has 5 heteroatoms. The van der Waals surface area contributed by atoms with Gasteiger partial charge >= 0.3 is 0 Å². The fraction of sp³-hybridized carbons (Fsp3) is 0.111. The summed E-state index contributed by atoms with van der Waals surface area (Å²) in [7, 11) is 0. The molecule has 3 rings (SSSR count). The van der Waals surface area contributed by atoms with Gasteiger partial charge in [-0.25, -0.2) is 4.98 Å². The van der Waals surface area contributed by atoms with Crippen molar-refractivity contribution < 1.29 is 4.79 Å². The van der Waals surface area contributed by atoms with Gasteiger partial charge in [0.25, 0.3) is 5.91 Å². The number of thiophene rings is 1. The van der Waals surface area contributed by atoms with Crippen LogP contribution in [0.4, 0.5) is 11.5 Å². The number of carbonyl (C=O) groups excluding carboxylic acids is 1. The van der Waals surface area contributed by atoms with E-state index in [0.29, 0.717) is 10.6 Å². The van der Waals surface area contributed by atoms with Crippen molar-refractivity contribution in [2.24, 2.45) is 0 Å². The van der Waals surface area contributed by atoms with E-state index in [4.69, 9.17) is 0 Å². The van der Waals surface area contributed by atoms with Crippen LogP contribution in [0.5, 0.6) is 0 Å². The van der Waals surface area contributed by atoms with Crippen LogP contribution in [-0.4, -0.2) is 10.9 Å². The Kier molecular flexibility index (Phi) is 4.68. The van der Waals surface area contributed by atoms with Crippen molar-refractivity contribution in [1.29, 1.82) is 0 Å². The molecule has 2 heterocycles. The summed E-state index contributed by atoms with van der Waals surface area (Å²) < 4.78 is 0. The Morgan fingerprint density at radius 2 is 2.00 bits per heavy atom. The second kappa shape index (κ2) is 7.07. The highest BCUT2D eigenvalue weighted by molar-refractivity contribution is 7.12. The number of rotatable bonds is 5. The molecule has 0 aliphatic carbocycles. The zero-order valence-corrected chi connectivity index (χ0v) is 13.6. The van der Waals surface area contributed by atoms with E-state index in [1.807, 2.05) is 35.7 Å². The number of hydrogen-bond acceptors (Lipinski definition) is 4. The van der Waals surface area contributed by atoms with E-state index in [0.717, 1.165) is 12.4 Å². The maximum absolute atomic E-state index is 12.0. The molecule has 1 aromatic carbocycles. The zero-order chi connectivity index (χ0) is 16.1. The number of pyridine rings is 1. The predicted octanol–water partition coefficient (Wildman–Crippen LogP) is 4.32. The molecule has 3 aromatic rings. The van der Waals surface area contributed by atoms with Crippen molar-refractivity contribution in [2.75, 3.05) is 10.6 Å². The Bertz CT molecular complexity index is 782. The lowest BCUT2D eigenvalue weighted by Crippen LogP contribution is -2.10. The quantitative estimate of drug-likeness (QED) is 0.735. The maximum Gasteiger partial charge on any atom is 0.265 e. The van der Waals surface area contributed by atoms with E-state index >= 15 is 0 Å². The number of amides is 1. The summed E-state index contributed by atoms with van der Waals surface area (Å²) in [5.74, 6) is 0.671. The zero-order valence-electron chi connectivity index (χ0n) is 12.7. The predicted molar refractivity (Wildman–Crippen MR) is 95.0 cm³/mol. The summed E-state index contributed by atoms with van der Waals surface area (Å²) in [4.78, 5) is 17.0. The number of nitrogens with one attached hydrogen (secondary N) is 2. The van der Waals surface area contributed by atoms with Gasteiger partial charge in [0.15, 0.2) is 0 Å². The number of anilines is 2. The van der Waals surface area contributed by atoms with E-state index in [1.165, 1.54) is 22.5 Å². The van der Waals surface area contributed by atoms with Gasteiger partial charge < -0.3 is 10.6 Å². The second-order valence-electron chi connectivity index (χ2n) is 5.14. The molecule has 116 valence electrons. The summed E-state index contributed by atoms with van der Waals surface area (Å²) in [5, 5.41) is 8.00. The van der Waals surface area contributed by atoms with Gasteiger partial charge in [-0.3, -0.25) is 4.79 Å². The molecular weight excluding hydrogens is 306 g/mol. The lowest BCUT2D eigenvalue weighted by atomic mass is 10.1. The maximum atomic E-state index is 12.0. The van der Waals surface area contributed by atoms with Gasteiger partial charge in [0.1, 0.15) is 5.82 Å². The van der Waals surface area contributed by atoms with Crippen LogP contribution in [0.2, 0.25) is 0 Å². The largest absolute Gasteiger partial charge is 0.366 e. The van der Waals surface area contributed by atoms with Gasteiger partial charge in [0.2, 0.25) is 0 Å². The van der Waals surface area contributed by atoms with Crippen LogP contribution in [0.25, 0.3) is 0 Å². The van der Waals surface area contributed by atoms with Gasteiger partial charge in [-0.1, -0.05) is 30.3 Å². The van der Waals surface area contributed by atoms with Crippen LogP contribution in [0.1, 0.15) is 20.8 Å². The molecule has 0 saturated carbocycles. The van der Waals surface area contributed by atoms with Crippen LogP contribution < -0.4 is 10.6 Å². The highest BCUT2D eigenvalue weighted by Gasteiger charge is 2.07. The molecule has 0 spiro atoms. The molecule has 0 radical (unpaired) electrons. The molecule has 0 bridgehead atoms. The molecule has 0 aliphatic rings. The molecular formula is C18H17N3OS. The topological polar surface area (TPSA) is 54.0 Å². The number of carbonyl (C=O) groups is 1. The molecule has 2 aromatic heterocycles. The Balaban J connectivity index is 1.59. The minimum absolute atomic E-state index is 0.109. The van der Waals surface area contributed by atoms with Crippen molar-refractivity contribution in [2.45, 2.75) is 13.5 Å². The van der Waals surface area contributed by atoms with Crippen LogP contribution in [0, 0.1) is 6.92 Å². The molecule has 0 unspecified atom stereocenters. The van der Waals surface area contributed by atoms with Crippen molar-refractivity contribution in [3.8, 4) is 0 Å². The fourth-order valence-corrected chi connectivity index (χ4v) is 2.79. The van der Waals surface area contributed by atoms with E-state index < -0.39 is 0 Å². The average Bonchev–Trinajstić information content (AvgIpc) is 3.10. The van der Waals surface area contributed by atoms with E-state index in [2.05, 4.69) is 34.7 Å². The Labute approximate surface area is 139 Å². The van der Waals surface area contributed by atoms with Crippen molar-refractivity contribution >= 4 is 28.7 Å². The molecule has 0 fully saturated rings. The van der Waals surface area contributed by atoms with Crippen molar-refractivity contribution in [3.05, 3.63) is 76.1 Å². The third-order valence-corrected chi connectivity index (χ3v) is 4.36. The van der Waals surface area contributed by atoms with Crippen LogP contribution in [0.3, 0.4) is 0 Å². The lowest BCUT2D eigenvalue weighted by molar-refractivity contribution is 0.103. The molecule has 0 atom stereocenters. The number of hydrogen-bond donors (Lipinski definition) is 2. The van der Waals surface area contributed by atoms with Crippen molar-refractivity contribution in [3.63, 3.8) is 0 Å². The monoisotopic (exact) mass is 323 g/mol. The summed E-state index contributed by atoms with van der Waals surface area (Å²) in [6.07, 6.45) is 1.66. The second-order valence-corrected chi connectivity index (χ2v) is 6.09. The first kappa shape index (κ1) is 15.2. The molecule has 23 heavy (non-hydrogen) atoms. The van der Waals surface area contributed by atoms with E-state index in [1.54, 1.807) is 12.3 Å². The van der Waals surface area contributed by atoms with Crippen LogP contribution >= 0.6 is 11.3 Å². The fourth-order valence-electron chi connectivity index (χ4n) is 2.17. The molecule has 2 N–H and O–H groups in total. The molecule has 0 aliphatic heterocycles. The average molecular weight is 323 g/mol. The SMILES string of the molecule is Cc1ccccc1CNc1ccc(NC(=O)c2cccs2)cn1. The number of aryl methyl sites for hydroxylation is 1. The third-order valence-electron chi connectivity index (χ3n) is 3.49. The minimum Gasteiger partial charge on any atom is -0.366 e. The summed E-state index contributed by atoms with van der Waals surface area (Å²) >= 11 is 1.42. The Morgan fingerprint density at radius 3 is 2.70 bits per heavy atom. The van der Waals surface area contributed by atoms with Gasteiger partial charge in [0, 0.05) is 6.54 Å². The van der Waals surface area contributed by atoms with E-state index in [9.17, 15) is 4.79 Å². The standard InChI is InChI=1S/C18H17N3OS/c1-13-5-2-3-6-14(13)11-19-17-9-8-15(12-20-17)21-18(22)16-7-4-10-23-16/h2-10,12H,11H2,1H3,(H,19,20)(H,21,22). The van der Waals surface area contributed by atoms with E-state index in [-0.39, 0.29) is 5.91 Å². The van der Waals surface area contributed by atoms with Gasteiger partial charge in [0.05, 0.1) is 16.8 Å². The van der Waals surface area contributed by atoms with Gasteiger partial charge in [-0.05, 0) is 41.6 Å². The summed E-state index contributed by atoms with van der Waals surface area (Å²) in [5.41, 5.74) is 3.18. The lowest BCUT2D eigenvalue weighted by Gasteiger charge is -2.09. The molecule has 0 saturated heterocycles. The van der Waals surface area contributed by atoms with Crippen LogP contribution in [-0.2, 0) is 6.54 Å². The molecule has 4 nitrogen and oxygen atoms in total.